The van der Waals surface area contributed by atoms with E-state index in [0.29, 0.717) is 18.8 Å². The number of carbonyl (C=O) groups is 2. The lowest BCUT2D eigenvalue weighted by Crippen LogP contribution is -3.28. The Balaban J connectivity index is 1.71. The molecule has 1 heterocycles. The molecule has 27 heavy (non-hydrogen) atoms. The molecular formula is C20H33FN4O2+2. The van der Waals surface area contributed by atoms with Crippen molar-refractivity contribution in [3.05, 3.63) is 30.1 Å². The highest BCUT2D eigenvalue weighted by Crippen LogP contribution is 2.08. The van der Waals surface area contributed by atoms with Crippen molar-refractivity contribution in [2.75, 3.05) is 57.7 Å². The summed E-state index contributed by atoms with van der Waals surface area (Å²) in [5.74, 6) is -0.234. The predicted octanol–water partition coefficient (Wildman–Crippen LogP) is -0.804. The number of anilines is 1. The van der Waals surface area contributed by atoms with Gasteiger partial charge in [0.05, 0.1) is 0 Å². The van der Waals surface area contributed by atoms with Gasteiger partial charge in [-0.25, -0.2) is 4.39 Å². The van der Waals surface area contributed by atoms with E-state index >= 15 is 0 Å². The molecule has 1 aliphatic rings. The first-order valence-electron chi connectivity index (χ1n) is 10.0. The van der Waals surface area contributed by atoms with Gasteiger partial charge in [0.15, 0.2) is 13.1 Å². The molecule has 150 valence electrons. The minimum Gasteiger partial charge on any atom is -0.338 e. The van der Waals surface area contributed by atoms with Crippen LogP contribution in [0.5, 0.6) is 0 Å². The Hall–Kier alpha value is -1.99. The van der Waals surface area contributed by atoms with Crippen molar-refractivity contribution in [3.8, 4) is 0 Å². The number of piperazine rings is 1. The molecule has 6 nitrogen and oxygen atoms in total. The molecule has 1 aromatic carbocycles. The summed E-state index contributed by atoms with van der Waals surface area (Å²) in [5, 5.41) is 2.75. The first kappa shape index (κ1) is 21.3. The standard InChI is InChI=1S/C20H31FN4O2/c1-3-5-9-25(4-2)20(27)16-24-12-10-23(11-13-24)15-19(26)22-18-8-6-7-17(21)14-18/h6-8,14H,3-5,9-13,15-16H2,1-2H3,(H,22,26)/p+2. The summed E-state index contributed by atoms with van der Waals surface area (Å²) >= 11 is 0. The molecule has 1 saturated heterocycles. The van der Waals surface area contributed by atoms with Crippen molar-refractivity contribution in [3.63, 3.8) is 0 Å². The zero-order valence-corrected chi connectivity index (χ0v) is 16.5. The summed E-state index contributed by atoms with van der Waals surface area (Å²) in [7, 11) is 0. The number of quaternary nitrogens is 2. The molecule has 0 spiro atoms. The van der Waals surface area contributed by atoms with Crippen molar-refractivity contribution in [2.24, 2.45) is 0 Å². The third kappa shape index (κ3) is 7.27. The number of hydrogen-bond acceptors (Lipinski definition) is 2. The van der Waals surface area contributed by atoms with Gasteiger partial charge >= 0.3 is 0 Å². The lowest BCUT2D eigenvalue weighted by atomic mass is 10.2. The van der Waals surface area contributed by atoms with Crippen molar-refractivity contribution in [1.29, 1.82) is 0 Å². The minimum atomic E-state index is -0.359. The van der Waals surface area contributed by atoms with Crippen LogP contribution >= 0.6 is 0 Å². The fraction of sp³-hybridized carbons (Fsp3) is 0.600. The molecule has 3 N–H and O–H groups in total. The van der Waals surface area contributed by atoms with Crippen LogP contribution in [0, 0.1) is 5.82 Å². The highest BCUT2D eigenvalue weighted by Gasteiger charge is 2.27. The Morgan fingerprint density at radius 1 is 1.11 bits per heavy atom. The van der Waals surface area contributed by atoms with Crippen molar-refractivity contribution < 1.29 is 23.8 Å². The third-order valence-electron chi connectivity index (χ3n) is 5.10. The van der Waals surface area contributed by atoms with Gasteiger partial charge in [0.1, 0.15) is 32.0 Å². The average molecular weight is 381 g/mol. The van der Waals surface area contributed by atoms with Crippen LogP contribution < -0.4 is 15.1 Å². The Labute approximate surface area is 161 Å². The van der Waals surface area contributed by atoms with Gasteiger partial charge in [-0.1, -0.05) is 19.4 Å². The number of rotatable bonds is 9. The van der Waals surface area contributed by atoms with Gasteiger partial charge in [-0.2, -0.15) is 0 Å². The summed E-state index contributed by atoms with van der Waals surface area (Å²) < 4.78 is 13.2. The molecular weight excluding hydrogens is 347 g/mol. The van der Waals surface area contributed by atoms with Crippen molar-refractivity contribution in [1.82, 2.24) is 4.90 Å². The zero-order valence-electron chi connectivity index (χ0n) is 16.5. The van der Waals surface area contributed by atoms with Crippen LogP contribution in [0.4, 0.5) is 10.1 Å². The molecule has 1 fully saturated rings. The van der Waals surface area contributed by atoms with E-state index in [2.05, 4.69) is 12.2 Å². The topological polar surface area (TPSA) is 58.3 Å². The number of likely N-dealkylation sites (N-methyl/N-ethyl adjacent to an activating group) is 1. The maximum atomic E-state index is 13.2. The lowest BCUT2D eigenvalue weighted by Gasteiger charge is -2.30. The van der Waals surface area contributed by atoms with Gasteiger partial charge in [-0.15, -0.1) is 0 Å². The number of nitrogens with zero attached hydrogens (tertiary/aromatic N) is 1. The third-order valence-corrected chi connectivity index (χ3v) is 5.10. The van der Waals surface area contributed by atoms with Gasteiger partial charge in [0, 0.05) is 18.8 Å². The second kappa shape index (κ2) is 11.0. The fourth-order valence-electron chi connectivity index (χ4n) is 3.44. The maximum Gasteiger partial charge on any atom is 0.279 e. The highest BCUT2D eigenvalue weighted by atomic mass is 19.1. The first-order valence-corrected chi connectivity index (χ1v) is 10.0. The number of halogens is 1. The first-order chi connectivity index (χ1) is 13.0. The van der Waals surface area contributed by atoms with Crippen LogP contribution in [0.15, 0.2) is 24.3 Å². The summed E-state index contributed by atoms with van der Waals surface area (Å²) in [6, 6.07) is 5.93. The van der Waals surface area contributed by atoms with E-state index in [1.165, 1.54) is 21.9 Å². The fourth-order valence-corrected chi connectivity index (χ4v) is 3.44. The minimum absolute atomic E-state index is 0.105. The molecule has 1 aliphatic heterocycles. The van der Waals surface area contributed by atoms with E-state index in [0.717, 1.165) is 52.1 Å². The van der Waals surface area contributed by atoms with Crippen LogP contribution in [-0.2, 0) is 9.59 Å². The van der Waals surface area contributed by atoms with Crippen LogP contribution in [0.2, 0.25) is 0 Å². The smallest absolute Gasteiger partial charge is 0.279 e. The monoisotopic (exact) mass is 380 g/mol. The second-order valence-corrected chi connectivity index (χ2v) is 7.24. The Morgan fingerprint density at radius 2 is 1.78 bits per heavy atom. The zero-order chi connectivity index (χ0) is 19.6. The van der Waals surface area contributed by atoms with E-state index in [9.17, 15) is 14.0 Å². The van der Waals surface area contributed by atoms with Gasteiger partial charge < -0.3 is 20.0 Å². The Morgan fingerprint density at radius 3 is 2.37 bits per heavy atom. The Bertz CT molecular complexity index is 618. The van der Waals surface area contributed by atoms with Gasteiger partial charge in [-0.05, 0) is 31.5 Å². The summed E-state index contributed by atoms with van der Waals surface area (Å²) in [4.78, 5) is 29.0. The van der Waals surface area contributed by atoms with Gasteiger partial charge in [0.25, 0.3) is 11.8 Å². The second-order valence-electron chi connectivity index (χ2n) is 7.24. The molecule has 0 saturated carbocycles. The van der Waals surface area contributed by atoms with Crippen LogP contribution in [0.25, 0.3) is 0 Å². The molecule has 7 heteroatoms. The number of carbonyl (C=O) groups excluding carboxylic acids is 2. The lowest BCUT2D eigenvalue weighted by molar-refractivity contribution is -1.00. The highest BCUT2D eigenvalue weighted by molar-refractivity contribution is 5.91. The van der Waals surface area contributed by atoms with Gasteiger partial charge in [-0.3, -0.25) is 9.59 Å². The Kier molecular flexibility index (Phi) is 8.67. The number of amides is 2. The van der Waals surface area contributed by atoms with E-state index in [4.69, 9.17) is 0 Å². The van der Waals surface area contributed by atoms with Crippen molar-refractivity contribution in [2.45, 2.75) is 26.7 Å². The largest absolute Gasteiger partial charge is 0.338 e. The number of benzene rings is 1. The molecule has 2 rings (SSSR count). The quantitative estimate of drug-likeness (QED) is 0.525. The number of hydrogen-bond donors (Lipinski definition) is 3. The predicted molar refractivity (Wildman–Crippen MR) is 103 cm³/mol. The summed E-state index contributed by atoms with van der Waals surface area (Å²) in [6.07, 6.45) is 2.14. The summed E-state index contributed by atoms with van der Waals surface area (Å²) in [5.41, 5.74) is 0.487. The van der Waals surface area contributed by atoms with Gasteiger partial charge in [0.2, 0.25) is 0 Å². The molecule has 0 atom stereocenters. The maximum absolute atomic E-state index is 13.2. The number of unbranched alkanes of at least 4 members (excludes halogenated alkanes) is 1. The molecule has 2 amide bonds. The van der Waals surface area contributed by atoms with Crippen LogP contribution in [-0.4, -0.2) is 69.1 Å². The van der Waals surface area contributed by atoms with E-state index < -0.39 is 0 Å². The van der Waals surface area contributed by atoms with Crippen LogP contribution in [0.3, 0.4) is 0 Å². The van der Waals surface area contributed by atoms with Crippen LogP contribution in [0.1, 0.15) is 26.7 Å². The molecule has 0 unspecified atom stereocenters. The summed E-state index contributed by atoms with van der Waals surface area (Å²) in [6.45, 7) is 10.2. The molecule has 0 aromatic heterocycles. The SMILES string of the molecule is CCCCN(CC)C(=O)C[NH+]1CC[NH+](CC(=O)Nc2cccc(F)c2)CC1. The molecule has 0 aliphatic carbocycles. The normalized spacial score (nSPS) is 19.5. The van der Waals surface area contributed by atoms with E-state index in [1.807, 2.05) is 11.8 Å². The van der Waals surface area contributed by atoms with E-state index in [-0.39, 0.29) is 17.6 Å². The number of nitrogens with one attached hydrogen (secondary N) is 3. The molecule has 1 aromatic rings. The van der Waals surface area contributed by atoms with E-state index in [1.54, 1.807) is 12.1 Å². The molecule has 0 bridgehead atoms. The molecule has 0 radical (unpaired) electrons. The average Bonchev–Trinajstić information content (AvgIpc) is 2.64. The van der Waals surface area contributed by atoms with Crippen molar-refractivity contribution >= 4 is 17.5 Å².